The van der Waals surface area contributed by atoms with E-state index in [-0.39, 0.29) is 23.8 Å². The molecule has 0 aliphatic carbocycles. The van der Waals surface area contributed by atoms with Crippen LogP contribution in [0, 0.1) is 5.92 Å². The first kappa shape index (κ1) is 25.8. The molecule has 2 aromatic carbocycles. The Balaban J connectivity index is 1.73. The third kappa shape index (κ3) is 6.42. The van der Waals surface area contributed by atoms with Crippen molar-refractivity contribution in [3.63, 3.8) is 0 Å². The Labute approximate surface area is 206 Å². The van der Waals surface area contributed by atoms with Gasteiger partial charge >= 0.3 is 0 Å². The van der Waals surface area contributed by atoms with E-state index in [1.165, 1.54) is 14.2 Å². The molecule has 2 atom stereocenters. The zero-order valence-corrected chi connectivity index (χ0v) is 21.0. The molecule has 1 heterocycles. The summed E-state index contributed by atoms with van der Waals surface area (Å²) in [6.07, 6.45) is 2.26. The molecule has 7 nitrogen and oxygen atoms in total. The van der Waals surface area contributed by atoms with E-state index in [4.69, 9.17) is 21.1 Å². The highest BCUT2D eigenvalue weighted by molar-refractivity contribution is 6.31. The maximum atomic E-state index is 13.2. The van der Waals surface area contributed by atoms with Crippen LogP contribution in [-0.4, -0.2) is 56.6 Å². The summed E-state index contributed by atoms with van der Waals surface area (Å²) < 4.78 is 10.5. The predicted molar refractivity (Wildman–Crippen MR) is 134 cm³/mol. The van der Waals surface area contributed by atoms with Gasteiger partial charge in [0.15, 0.2) is 0 Å². The van der Waals surface area contributed by atoms with Gasteiger partial charge in [0.25, 0.3) is 5.91 Å². The van der Waals surface area contributed by atoms with Gasteiger partial charge in [-0.3, -0.25) is 14.5 Å². The first-order chi connectivity index (χ1) is 16.3. The van der Waals surface area contributed by atoms with Gasteiger partial charge in [-0.2, -0.15) is 0 Å². The van der Waals surface area contributed by atoms with Crippen molar-refractivity contribution in [1.29, 1.82) is 0 Å². The lowest BCUT2D eigenvalue weighted by Crippen LogP contribution is -2.51. The van der Waals surface area contributed by atoms with Crippen molar-refractivity contribution in [2.45, 2.75) is 38.8 Å². The molecule has 0 aromatic heterocycles. The average Bonchev–Trinajstić information content (AvgIpc) is 3.37. The van der Waals surface area contributed by atoms with Crippen LogP contribution in [-0.2, 0) is 4.79 Å². The summed E-state index contributed by atoms with van der Waals surface area (Å²) in [7, 11) is 3.05. The quantitative estimate of drug-likeness (QED) is 0.528. The van der Waals surface area contributed by atoms with Gasteiger partial charge in [-0.1, -0.05) is 43.6 Å². The Morgan fingerprint density at radius 1 is 1.03 bits per heavy atom. The fourth-order valence-electron chi connectivity index (χ4n) is 4.24. The van der Waals surface area contributed by atoms with Crippen molar-refractivity contribution < 1.29 is 19.1 Å². The van der Waals surface area contributed by atoms with E-state index in [2.05, 4.69) is 15.5 Å². The normalized spacial score (nSPS) is 15.6. The molecule has 2 aromatic rings. The van der Waals surface area contributed by atoms with Crippen molar-refractivity contribution in [1.82, 2.24) is 15.5 Å². The molecule has 1 aliphatic heterocycles. The molecule has 0 radical (unpaired) electrons. The second kappa shape index (κ2) is 12.1. The van der Waals surface area contributed by atoms with E-state index in [9.17, 15) is 9.59 Å². The lowest BCUT2D eigenvalue weighted by molar-refractivity contribution is -0.124. The Hall–Kier alpha value is -2.77. The monoisotopic (exact) mass is 487 g/mol. The first-order valence-electron chi connectivity index (χ1n) is 11.6. The molecule has 1 aliphatic rings. The molecule has 1 fully saturated rings. The number of methoxy groups -OCH3 is 2. The molecule has 2 N–H and O–H groups in total. The molecule has 2 amide bonds. The minimum absolute atomic E-state index is 0.0219. The van der Waals surface area contributed by atoms with Crippen LogP contribution in [0.2, 0.25) is 5.02 Å². The molecule has 184 valence electrons. The summed E-state index contributed by atoms with van der Waals surface area (Å²) in [5.41, 5.74) is 1.36. The van der Waals surface area contributed by atoms with Gasteiger partial charge in [-0.25, -0.2) is 0 Å². The van der Waals surface area contributed by atoms with Crippen molar-refractivity contribution in [3.8, 4) is 11.5 Å². The molecule has 1 saturated heterocycles. The topological polar surface area (TPSA) is 79.9 Å². The maximum absolute atomic E-state index is 13.2. The lowest BCUT2D eigenvalue weighted by atomic mass is 10.0. The number of hydrogen-bond acceptors (Lipinski definition) is 5. The molecule has 0 spiro atoms. The van der Waals surface area contributed by atoms with E-state index in [0.717, 1.165) is 31.5 Å². The third-order valence-electron chi connectivity index (χ3n) is 6.16. The maximum Gasteiger partial charge on any atom is 0.252 e. The molecule has 0 saturated carbocycles. The van der Waals surface area contributed by atoms with Crippen molar-refractivity contribution >= 4 is 23.4 Å². The van der Waals surface area contributed by atoms with Crippen LogP contribution >= 0.6 is 11.6 Å². The number of carbonyl (C=O) groups is 2. The molecule has 0 bridgehead atoms. The summed E-state index contributed by atoms with van der Waals surface area (Å²) >= 11 is 6.49. The minimum Gasteiger partial charge on any atom is -0.497 e. The van der Waals surface area contributed by atoms with Crippen LogP contribution in [0.4, 0.5) is 0 Å². The van der Waals surface area contributed by atoms with Crippen LogP contribution in [0.15, 0.2) is 42.5 Å². The summed E-state index contributed by atoms with van der Waals surface area (Å²) in [6.45, 7) is 6.15. The van der Waals surface area contributed by atoms with Gasteiger partial charge in [-0.15, -0.1) is 0 Å². The second-order valence-electron chi connectivity index (χ2n) is 8.82. The molecular formula is C26H34ClN3O4. The summed E-state index contributed by atoms with van der Waals surface area (Å²) in [5.74, 6) is 0.302. The van der Waals surface area contributed by atoms with Gasteiger partial charge in [0.2, 0.25) is 5.91 Å². The minimum atomic E-state index is -0.699. The zero-order valence-electron chi connectivity index (χ0n) is 20.3. The lowest BCUT2D eigenvalue weighted by Gasteiger charge is -2.30. The third-order valence-corrected chi connectivity index (χ3v) is 6.51. The average molecular weight is 488 g/mol. The smallest absolute Gasteiger partial charge is 0.252 e. The number of benzene rings is 2. The van der Waals surface area contributed by atoms with Gasteiger partial charge in [0.1, 0.15) is 17.5 Å². The van der Waals surface area contributed by atoms with Crippen molar-refractivity contribution in [2.24, 2.45) is 5.92 Å². The number of ether oxygens (including phenoxy) is 2. The number of amides is 2. The number of nitrogens with one attached hydrogen (secondary N) is 2. The number of carbonyl (C=O) groups excluding carboxylic acids is 2. The highest BCUT2D eigenvalue weighted by Gasteiger charge is 2.29. The SMILES string of the molecule is COc1cc(OC)cc(C(=O)NC(C(=O)NCC(c2ccccc2Cl)N2CCCC2)C(C)C)c1. The largest absolute Gasteiger partial charge is 0.497 e. The van der Waals surface area contributed by atoms with Crippen molar-refractivity contribution in [2.75, 3.05) is 33.9 Å². The summed E-state index contributed by atoms with van der Waals surface area (Å²) in [5, 5.41) is 6.63. The van der Waals surface area contributed by atoms with E-state index in [0.29, 0.717) is 28.6 Å². The Kier molecular flexibility index (Phi) is 9.19. The highest BCUT2D eigenvalue weighted by atomic mass is 35.5. The first-order valence-corrected chi connectivity index (χ1v) is 12.0. The number of nitrogens with zero attached hydrogens (tertiary/aromatic N) is 1. The van der Waals surface area contributed by atoms with Crippen LogP contribution in [0.3, 0.4) is 0 Å². The van der Waals surface area contributed by atoms with Crippen LogP contribution in [0.1, 0.15) is 48.7 Å². The van der Waals surface area contributed by atoms with E-state index >= 15 is 0 Å². The summed E-state index contributed by atoms with van der Waals surface area (Å²) in [6, 6.07) is 12.0. The van der Waals surface area contributed by atoms with E-state index < -0.39 is 6.04 Å². The fourth-order valence-corrected chi connectivity index (χ4v) is 4.50. The molecule has 2 unspecified atom stereocenters. The molecule has 34 heavy (non-hydrogen) atoms. The number of hydrogen-bond donors (Lipinski definition) is 2. The summed E-state index contributed by atoms with van der Waals surface area (Å²) in [4.78, 5) is 28.5. The van der Waals surface area contributed by atoms with E-state index in [1.807, 2.05) is 38.1 Å². The molecular weight excluding hydrogens is 454 g/mol. The second-order valence-corrected chi connectivity index (χ2v) is 9.23. The van der Waals surface area contributed by atoms with E-state index in [1.54, 1.807) is 18.2 Å². The highest BCUT2D eigenvalue weighted by Crippen LogP contribution is 2.30. The zero-order chi connectivity index (χ0) is 24.7. The Morgan fingerprint density at radius 2 is 1.65 bits per heavy atom. The predicted octanol–water partition coefficient (Wildman–Crippen LogP) is 4.06. The number of rotatable bonds is 10. The fraction of sp³-hybridized carbons (Fsp3) is 0.462. The number of halogens is 1. The van der Waals surface area contributed by atoms with Gasteiger partial charge in [-0.05, 0) is 55.6 Å². The van der Waals surface area contributed by atoms with Crippen LogP contribution in [0.5, 0.6) is 11.5 Å². The van der Waals surface area contributed by atoms with Gasteiger partial charge in [0, 0.05) is 23.2 Å². The van der Waals surface area contributed by atoms with Crippen LogP contribution < -0.4 is 20.1 Å². The Morgan fingerprint density at radius 3 is 2.21 bits per heavy atom. The standard InChI is InChI=1S/C26H34ClN3O4/c1-17(2)24(29-25(31)18-13-19(33-3)15-20(14-18)34-4)26(32)28-16-23(30-11-7-8-12-30)21-9-5-6-10-22(21)27/h5-6,9-10,13-15,17,23-24H,7-8,11-12,16H2,1-4H3,(H,28,32)(H,29,31). The van der Waals surface area contributed by atoms with Crippen LogP contribution in [0.25, 0.3) is 0 Å². The Bertz CT molecular complexity index is 970. The molecule has 8 heteroatoms. The van der Waals surface area contributed by atoms with Crippen molar-refractivity contribution in [3.05, 3.63) is 58.6 Å². The number of likely N-dealkylation sites (tertiary alicyclic amines) is 1. The molecule has 3 rings (SSSR count). The van der Waals surface area contributed by atoms with Gasteiger partial charge < -0.3 is 20.1 Å². The van der Waals surface area contributed by atoms with Gasteiger partial charge in [0.05, 0.1) is 20.3 Å².